The maximum absolute atomic E-state index is 12.0. The van der Waals surface area contributed by atoms with Crippen molar-refractivity contribution in [2.75, 3.05) is 0 Å². The van der Waals surface area contributed by atoms with Gasteiger partial charge in [0.1, 0.15) is 11.2 Å². The molecule has 8 heteroatoms. The van der Waals surface area contributed by atoms with Crippen molar-refractivity contribution in [2.24, 2.45) is 0 Å². The van der Waals surface area contributed by atoms with E-state index >= 15 is 0 Å². The van der Waals surface area contributed by atoms with Gasteiger partial charge < -0.3 is 9.47 Å². The van der Waals surface area contributed by atoms with Crippen LogP contribution in [-0.2, 0) is 22.3 Å². The molecular formula is C18H26N4O4. The Bertz CT molecular complexity index is 711. The largest absolute Gasteiger partial charge is 0.442 e. The molecule has 2 aromatic heterocycles. The van der Waals surface area contributed by atoms with Gasteiger partial charge in [0.05, 0.1) is 11.4 Å². The summed E-state index contributed by atoms with van der Waals surface area (Å²) in [7, 11) is 0. The first-order chi connectivity index (χ1) is 11.9. The standard InChI is InChI=1S/C18H26N4O4/c1-17(2,3)25-15(23)21-11-9-13(19-21)7-8-14-10-12-22(20-14)16(24)26-18(4,5)6/h9-12H,7-8H2,1-6H3. The number of nitrogens with zero attached hydrogens (tertiary/aromatic N) is 4. The van der Waals surface area contributed by atoms with Gasteiger partial charge in [0, 0.05) is 12.4 Å². The van der Waals surface area contributed by atoms with E-state index in [-0.39, 0.29) is 0 Å². The molecule has 2 aromatic rings. The third-order valence-electron chi connectivity index (χ3n) is 3.09. The van der Waals surface area contributed by atoms with Gasteiger partial charge in [-0.2, -0.15) is 19.6 Å². The second-order valence-electron chi connectivity index (χ2n) is 7.96. The summed E-state index contributed by atoms with van der Waals surface area (Å²) < 4.78 is 12.9. The van der Waals surface area contributed by atoms with Gasteiger partial charge in [0.2, 0.25) is 0 Å². The molecule has 0 spiro atoms. The molecule has 0 N–H and O–H groups in total. The molecule has 0 atom stereocenters. The van der Waals surface area contributed by atoms with Crippen molar-refractivity contribution in [2.45, 2.75) is 65.6 Å². The fourth-order valence-corrected chi connectivity index (χ4v) is 2.07. The minimum Gasteiger partial charge on any atom is -0.442 e. The first-order valence-corrected chi connectivity index (χ1v) is 8.49. The maximum Gasteiger partial charge on any atom is 0.435 e. The Hall–Kier alpha value is -2.64. The van der Waals surface area contributed by atoms with Crippen LogP contribution in [0.2, 0.25) is 0 Å². The lowest BCUT2D eigenvalue weighted by Gasteiger charge is -2.18. The highest BCUT2D eigenvalue weighted by Gasteiger charge is 2.20. The van der Waals surface area contributed by atoms with E-state index in [4.69, 9.17) is 9.47 Å². The predicted molar refractivity (Wildman–Crippen MR) is 95.1 cm³/mol. The van der Waals surface area contributed by atoms with E-state index in [1.807, 2.05) is 0 Å². The number of carbonyl (C=O) groups is 2. The minimum absolute atomic E-state index is 0.516. The van der Waals surface area contributed by atoms with Crippen LogP contribution < -0.4 is 0 Å². The van der Waals surface area contributed by atoms with Crippen molar-refractivity contribution in [3.63, 3.8) is 0 Å². The Morgan fingerprint density at radius 1 is 0.808 bits per heavy atom. The van der Waals surface area contributed by atoms with Gasteiger partial charge in [-0.1, -0.05) is 0 Å². The molecular weight excluding hydrogens is 336 g/mol. The van der Waals surface area contributed by atoms with Crippen LogP contribution in [0.4, 0.5) is 9.59 Å². The van der Waals surface area contributed by atoms with Crippen LogP contribution in [0.25, 0.3) is 0 Å². The van der Waals surface area contributed by atoms with Crippen molar-refractivity contribution in [3.8, 4) is 0 Å². The molecule has 0 amide bonds. The summed E-state index contributed by atoms with van der Waals surface area (Å²) in [5.74, 6) is 0. The molecule has 0 saturated heterocycles. The topological polar surface area (TPSA) is 88.2 Å². The van der Waals surface area contributed by atoms with Crippen molar-refractivity contribution in [1.82, 2.24) is 19.6 Å². The molecule has 2 rings (SSSR count). The van der Waals surface area contributed by atoms with Gasteiger partial charge in [-0.15, -0.1) is 0 Å². The van der Waals surface area contributed by atoms with E-state index in [9.17, 15) is 9.59 Å². The van der Waals surface area contributed by atoms with Crippen molar-refractivity contribution >= 4 is 12.2 Å². The smallest absolute Gasteiger partial charge is 0.435 e. The molecule has 0 saturated carbocycles. The number of hydrogen-bond donors (Lipinski definition) is 0. The monoisotopic (exact) mass is 362 g/mol. The summed E-state index contributed by atoms with van der Waals surface area (Å²) in [6.45, 7) is 10.8. The van der Waals surface area contributed by atoms with Crippen LogP contribution in [0, 0.1) is 0 Å². The lowest BCUT2D eigenvalue weighted by molar-refractivity contribution is 0.0502. The molecule has 0 bridgehead atoms. The highest BCUT2D eigenvalue weighted by molar-refractivity contribution is 5.70. The fraction of sp³-hybridized carbons (Fsp3) is 0.556. The van der Waals surface area contributed by atoms with E-state index in [1.165, 1.54) is 9.36 Å². The van der Waals surface area contributed by atoms with Crippen LogP contribution in [0.3, 0.4) is 0 Å². The predicted octanol–water partition coefficient (Wildman–Crippen LogP) is 3.43. The van der Waals surface area contributed by atoms with E-state index in [1.54, 1.807) is 66.1 Å². The molecule has 0 aliphatic rings. The number of ether oxygens (including phenoxy) is 2. The molecule has 26 heavy (non-hydrogen) atoms. The van der Waals surface area contributed by atoms with Gasteiger partial charge in [-0.05, 0) is 66.5 Å². The lowest BCUT2D eigenvalue weighted by atomic mass is 10.2. The zero-order valence-corrected chi connectivity index (χ0v) is 16.1. The van der Waals surface area contributed by atoms with Gasteiger partial charge in [-0.3, -0.25) is 0 Å². The Kier molecular flexibility index (Phi) is 5.53. The quantitative estimate of drug-likeness (QED) is 0.831. The maximum atomic E-state index is 12.0. The lowest BCUT2D eigenvalue weighted by Crippen LogP contribution is -2.27. The van der Waals surface area contributed by atoms with Gasteiger partial charge in [0.25, 0.3) is 0 Å². The number of rotatable bonds is 3. The Labute approximate surface area is 153 Å². The molecule has 0 aromatic carbocycles. The second-order valence-corrected chi connectivity index (χ2v) is 7.96. The van der Waals surface area contributed by atoms with Crippen LogP contribution in [0.5, 0.6) is 0 Å². The molecule has 2 heterocycles. The zero-order chi connectivity index (χ0) is 19.5. The van der Waals surface area contributed by atoms with Crippen LogP contribution in [-0.4, -0.2) is 42.9 Å². The average molecular weight is 362 g/mol. The number of aryl methyl sites for hydroxylation is 2. The van der Waals surface area contributed by atoms with E-state index in [2.05, 4.69) is 10.2 Å². The number of carbonyl (C=O) groups excluding carboxylic acids is 2. The number of hydrogen-bond acceptors (Lipinski definition) is 6. The Morgan fingerprint density at radius 3 is 1.46 bits per heavy atom. The highest BCUT2D eigenvalue weighted by atomic mass is 16.6. The Morgan fingerprint density at radius 2 is 1.15 bits per heavy atom. The summed E-state index contributed by atoms with van der Waals surface area (Å²) in [4.78, 5) is 23.9. The summed E-state index contributed by atoms with van der Waals surface area (Å²) in [5.41, 5.74) is 0.334. The summed E-state index contributed by atoms with van der Waals surface area (Å²) in [6.07, 6.45) is 3.28. The normalized spacial score (nSPS) is 12.1. The third kappa shape index (κ3) is 6.02. The Balaban J connectivity index is 1.92. The summed E-state index contributed by atoms with van der Waals surface area (Å²) in [6, 6.07) is 3.52. The van der Waals surface area contributed by atoms with E-state index in [0.29, 0.717) is 12.8 Å². The van der Waals surface area contributed by atoms with Gasteiger partial charge in [-0.25, -0.2) is 9.59 Å². The molecule has 0 fully saturated rings. The highest BCUT2D eigenvalue weighted by Crippen LogP contribution is 2.11. The summed E-state index contributed by atoms with van der Waals surface area (Å²) >= 11 is 0. The van der Waals surface area contributed by atoms with Gasteiger partial charge in [0.15, 0.2) is 0 Å². The summed E-state index contributed by atoms with van der Waals surface area (Å²) in [5, 5.41) is 8.43. The first-order valence-electron chi connectivity index (χ1n) is 8.49. The minimum atomic E-state index is -0.572. The van der Waals surface area contributed by atoms with Crippen molar-refractivity contribution in [3.05, 3.63) is 35.9 Å². The van der Waals surface area contributed by atoms with Crippen LogP contribution >= 0.6 is 0 Å². The van der Waals surface area contributed by atoms with Gasteiger partial charge >= 0.3 is 12.2 Å². The van der Waals surface area contributed by atoms with E-state index < -0.39 is 23.4 Å². The van der Waals surface area contributed by atoms with Crippen molar-refractivity contribution < 1.29 is 19.1 Å². The molecule has 0 aliphatic carbocycles. The average Bonchev–Trinajstić information content (AvgIpc) is 3.11. The first kappa shape index (κ1) is 19.7. The number of aromatic nitrogens is 4. The molecule has 0 radical (unpaired) electrons. The fourth-order valence-electron chi connectivity index (χ4n) is 2.07. The molecule has 0 unspecified atom stereocenters. The van der Waals surface area contributed by atoms with E-state index in [0.717, 1.165) is 11.4 Å². The molecule has 0 aliphatic heterocycles. The SMILES string of the molecule is CC(C)(C)OC(=O)n1ccc(CCc2ccn(C(=O)OC(C)(C)C)n2)n1. The molecule has 142 valence electrons. The third-order valence-corrected chi connectivity index (χ3v) is 3.09. The second kappa shape index (κ2) is 7.31. The van der Waals surface area contributed by atoms with Crippen LogP contribution in [0.15, 0.2) is 24.5 Å². The zero-order valence-electron chi connectivity index (χ0n) is 16.1. The van der Waals surface area contributed by atoms with Crippen molar-refractivity contribution in [1.29, 1.82) is 0 Å². The van der Waals surface area contributed by atoms with Crippen LogP contribution in [0.1, 0.15) is 52.9 Å². The molecule has 8 nitrogen and oxygen atoms in total.